The Balaban J connectivity index is 2.18. The highest BCUT2D eigenvalue weighted by molar-refractivity contribution is 9.10. The fraction of sp³-hybridized carbons (Fsp3) is 0. The van der Waals surface area contributed by atoms with Crippen LogP contribution in [-0.4, -0.2) is 21.0 Å². The Morgan fingerprint density at radius 2 is 2.09 bits per heavy atom. The summed E-state index contributed by atoms with van der Waals surface area (Å²) in [5, 5.41) is 11.7. The minimum Gasteiger partial charge on any atom is -0.478 e. The number of imidazole rings is 1. The minimum atomic E-state index is -1.34. The molecule has 5 nitrogen and oxygen atoms in total. The molecule has 112 valence electrons. The van der Waals surface area contributed by atoms with E-state index in [9.17, 15) is 18.7 Å². The third-order valence-electron chi connectivity index (χ3n) is 3.08. The van der Waals surface area contributed by atoms with Crippen LogP contribution in [0.3, 0.4) is 0 Å². The maximum atomic E-state index is 14.5. The molecule has 0 aliphatic heterocycles. The van der Waals surface area contributed by atoms with Gasteiger partial charge in [-0.25, -0.2) is 18.6 Å². The molecule has 0 spiro atoms. The number of halogens is 3. The minimum absolute atomic E-state index is 0.0231. The van der Waals surface area contributed by atoms with E-state index >= 15 is 0 Å². The van der Waals surface area contributed by atoms with Crippen LogP contribution in [0, 0.1) is 11.6 Å². The van der Waals surface area contributed by atoms with Gasteiger partial charge in [-0.15, -0.1) is 0 Å². The summed E-state index contributed by atoms with van der Waals surface area (Å²) in [6, 6.07) is 5.36. The Morgan fingerprint density at radius 3 is 2.77 bits per heavy atom. The number of rotatable bonds is 3. The van der Waals surface area contributed by atoms with Crippen molar-refractivity contribution >= 4 is 44.3 Å². The number of H-pyrrole nitrogens is 1. The predicted octanol–water partition coefficient (Wildman–Crippen LogP) is 4.05. The Hall–Kier alpha value is -2.48. The summed E-state index contributed by atoms with van der Waals surface area (Å²) in [4.78, 5) is 17.8. The van der Waals surface area contributed by atoms with Crippen molar-refractivity contribution in [1.82, 2.24) is 9.97 Å². The number of benzene rings is 2. The number of fused-ring (bicyclic) bond motifs is 1. The van der Waals surface area contributed by atoms with Gasteiger partial charge in [-0.3, -0.25) is 0 Å². The van der Waals surface area contributed by atoms with Crippen LogP contribution in [0.25, 0.3) is 11.0 Å². The number of nitrogens with zero attached hydrogens (tertiary/aromatic N) is 1. The van der Waals surface area contributed by atoms with E-state index in [0.717, 1.165) is 0 Å². The number of aromatic nitrogens is 2. The summed E-state index contributed by atoms with van der Waals surface area (Å²) in [5.74, 6) is -2.85. The molecule has 1 heterocycles. The van der Waals surface area contributed by atoms with Crippen molar-refractivity contribution in [3.8, 4) is 0 Å². The van der Waals surface area contributed by atoms with E-state index in [0.29, 0.717) is 4.47 Å². The van der Waals surface area contributed by atoms with Crippen LogP contribution in [-0.2, 0) is 0 Å². The summed E-state index contributed by atoms with van der Waals surface area (Å²) in [7, 11) is 0. The molecule has 1 aromatic heterocycles. The van der Waals surface area contributed by atoms with Crippen LogP contribution >= 0.6 is 15.9 Å². The normalized spacial score (nSPS) is 10.9. The number of aromatic carboxylic acids is 1. The molecular weight excluding hydrogens is 360 g/mol. The van der Waals surface area contributed by atoms with E-state index < -0.39 is 17.6 Å². The summed E-state index contributed by atoms with van der Waals surface area (Å²) in [6.45, 7) is 0. The Kier molecular flexibility index (Phi) is 3.53. The second-order valence-corrected chi connectivity index (χ2v) is 5.38. The lowest BCUT2D eigenvalue weighted by atomic mass is 10.1. The topological polar surface area (TPSA) is 78.0 Å². The average Bonchev–Trinajstić information content (AvgIpc) is 2.92. The zero-order valence-electron chi connectivity index (χ0n) is 10.8. The molecule has 3 aromatic rings. The first-order valence-electron chi connectivity index (χ1n) is 6.08. The van der Waals surface area contributed by atoms with E-state index in [1.54, 1.807) is 6.07 Å². The van der Waals surface area contributed by atoms with Gasteiger partial charge in [0.2, 0.25) is 0 Å². The van der Waals surface area contributed by atoms with Gasteiger partial charge in [0.1, 0.15) is 11.3 Å². The van der Waals surface area contributed by atoms with Gasteiger partial charge in [-0.1, -0.05) is 15.9 Å². The molecule has 3 rings (SSSR count). The molecule has 0 atom stereocenters. The number of carbonyl (C=O) groups is 1. The Labute approximate surface area is 131 Å². The van der Waals surface area contributed by atoms with E-state index in [2.05, 4.69) is 31.2 Å². The molecule has 3 N–H and O–H groups in total. The first-order valence-corrected chi connectivity index (χ1v) is 6.87. The molecule has 0 unspecified atom stereocenters. The number of nitrogens with one attached hydrogen (secondary N) is 2. The maximum Gasteiger partial charge on any atom is 0.338 e. The first kappa shape index (κ1) is 14.5. The predicted molar refractivity (Wildman–Crippen MR) is 80.4 cm³/mol. The number of anilines is 2. The molecule has 22 heavy (non-hydrogen) atoms. The Morgan fingerprint density at radius 1 is 1.32 bits per heavy atom. The van der Waals surface area contributed by atoms with Gasteiger partial charge in [-0.2, -0.15) is 0 Å². The fourth-order valence-corrected chi connectivity index (χ4v) is 2.39. The molecule has 0 saturated carbocycles. The maximum absolute atomic E-state index is 14.5. The summed E-state index contributed by atoms with van der Waals surface area (Å²) >= 11 is 3.11. The highest BCUT2D eigenvalue weighted by Crippen LogP contribution is 2.31. The Bertz CT molecular complexity index is 895. The van der Waals surface area contributed by atoms with Crippen LogP contribution in [0.4, 0.5) is 20.2 Å². The molecular formula is C14H8BrF2N3O2. The van der Waals surface area contributed by atoms with Crippen LogP contribution in [0.15, 0.2) is 35.1 Å². The summed E-state index contributed by atoms with van der Waals surface area (Å²) in [6.07, 6.45) is 1.25. The second kappa shape index (κ2) is 5.38. The second-order valence-electron chi connectivity index (χ2n) is 4.47. The molecule has 0 bridgehead atoms. The van der Waals surface area contributed by atoms with Crippen molar-refractivity contribution < 1.29 is 18.7 Å². The SMILES string of the molecule is O=C(O)c1cc2[nH]cnc2c(F)c1Nc1ccc(Br)cc1F. The van der Waals surface area contributed by atoms with Crippen molar-refractivity contribution in [2.24, 2.45) is 0 Å². The summed E-state index contributed by atoms with van der Waals surface area (Å²) in [5.41, 5.74) is -0.480. The third-order valence-corrected chi connectivity index (χ3v) is 3.57. The third kappa shape index (κ3) is 2.41. The number of carboxylic acid groups (broad SMARTS) is 1. The van der Waals surface area contributed by atoms with Crippen molar-refractivity contribution in [3.63, 3.8) is 0 Å². The monoisotopic (exact) mass is 367 g/mol. The van der Waals surface area contributed by atoms with Crippen LogP contribution in [0.1, 0.15) is 10.4 Å². The molecule has 0 aliphatic rings. The number of hydrogen-bond donors (Lipinski definition) is 3. The highest BCUT2D eigenvalue weighted by Gasteiger charge is 2.20. The van der Waals surface area contributed by atoms with Crippen LogP contribution in [0.2, 0.25) is 0 Å². The van der Waals surface area contributed by atoms with Gasteiger partial charge < -0.3 is 15.4 Å². The van der Waals surface area contributed by atoms with E-state index in [1.165, 1.54) is 24.5 Å². The lowest BCUT2D eigenvalue weighted by Crippen LogP contribution is -2.06. The molecule has 2 aromatic carbocycles. The van der Waals surface area contributed by atoms with Crippen molar-refractivity contribution in [1.29, 1.82) is 0 Å². The molecule has 0 saturated heterocycles. The smallest absolute Gasteiger partial charge is 0.338 e. The zero-order valence-corrected chi connectivity index (χ0v) is 12.4. The number of carboxylic acids is 1. The van der Waals surface area contributed by atoms with Gasteiger partial charge in [0.25, 0.3) is 0 Å². The van der Waals surface area contributed by atoms with Gasteiger partial charge in [0.05, 0.1) is 28.8 Å². The standard InChI is InChI=1S/C14H8BrF2N3O2/c15-6-1-2-9(8(16)3-6)20-12-7(14(21)22)4-10-13(11(12)17)19-5-18-10/h1-5,20H,(H,18,19)(H,21,22). The molecule has 0 aliphatic carbocycles. The molecule has 0 radical (unpaired) electrons. The highest BCUT2D eigenvalue weighted by atomic mass is 79.9. The summed E-state index contributed by atoms with van der Waals surface area (Å²) < 4.78 is 28.9. The van der Waals surface area contributed by atoms with E-state index in [4.69, 9.17) is 0 Å². The van der Waals surface area contributed by atoms with Crippen molar-refractivity contribution in [2.75, 3.05) is 5.32 Å². The molecule has 0 fully saturated rings. The molecule has 0 amide bonds. The quantitative estimate of drug-likeness (QED) is 0.652. The largest absolute Gasteiger partial charge is 0.478 e. The first-order chi connectivity index (χ1) is 10.5. The van der Waals surface area contributed by atoms with E-state index in [-0.39, 0.29) is 28.0 Å². The van der Waals surface area contributed by atoms with Gasteiger partial charge >= 0.3 is 5.97 Å². The molecule has 8 heteroatoms. The van der Waals surface area contributed by atoms with Crippen molar-refractivity contribution in [3.05, 3.63) is 52.3 Å². The lowest BCUT2D eigenvalue weighted by molar-refractivity contribution is 0.0697. The number of aromatic amines is 1. The van der Waals surface area contributed by atoms with Crippen molar-refractivity contribution in [2.45, 2.75) is 0 Å². The van der Waals surface area contributed by atoms with Gasteiger partial charge in [-0.05, 0) is 24.3 Å². The van der Waals surface area contributed by atoms with Crippen LogP contribution in [0.5, 0.6) is 0 Å². The van der Waals surface area contributed by atoms with E-state index in [1.807, 2.05) is 0 Å². The number of hydrogen-bond acceptors (Lipinski definition) is 3. The lowest BCUT2D eigenvalue weighted by Gasteiger charge is -2.12. The average molecular weight is 368 g/mol. The van der Waals surface area contributed by atoms with Gasteiger partial charge in [0, 0.05) is 4.47 Å². The fourth-order valence-electron chi connectivity index (χ4n) is 2.06. The van der Waals surface area contributed by atoms with Crippen LogP contribution < -0.4 is 5.32 Å². The zero-order chi connectivity index (χ0) is 15.9. The van der Waals surface area contributed by atoms with Gasteiger partial charge in [0.15, 0.2) is 5.82 Å².